The number of benzene rings is 1. The van der Waals surface area contributed by atoms with Crippen LogP contribution in [0.2, 0.25) is 0 Å². The largest absolute Gasteiger partial charge is 0.352 e. The van der Waals surface area contributed by atoms with E-state index in [9.17, 15) is 9.18 Å². The van der Waals surface area contributed by atoms with Crippen LogP contribution in [0.5, 0.6) is 0 Å². The molecule has 0 aliphatic heterocycles. The normalized spacial score (nSPS) is 17.4. The molecule has 0 saturated heterocycles. The Hall–Kier alpha value is -1.42. The van der Waals surface area contributed by atoms with Gasteiger partial charge in [-0.15, -0.1) is 0 Å². The second-order valence-corrected chi connectivity index (χ2v) is 5.90. The van der Waals surface area contributed by atoms with Gasteiger partial charge in [0.05, 0.1) is 6.04 Å². The van der Waals surface area contributed by atoms with Gasteiger partial charge in [0.25, 0.3) is 0 Å². The predicted octanol–water partition coefficient (Wildman–Crippen LogP) is 2.80. The van der Waals surface area contributed by atoms with E-state index in [0.717, 1.165) is 24.8 Å². The first-order chi connectivity index (χ1) is 10.1. The zero-order chi connectivity index (χ0) is 15.1. The molecule has 0 aromatic heterocycles. The van der Waals surface area contributed by atoms with Gasteiger partial charge in [0.15, 0.2) is 0 Å². The van der Waals surface area contributed by atoms with E-state index in [1.807, 2.05) is 6.92 Å². The average Bonchev–Trinajstić information content (AvgIpc) is 2.50. The fourth-order valence-electron chi connectivity index (χ4n) is 2.75. The summed E-state index contributed by atoms with van der Waals surface area (Å²) in [6.07, 6.45) is 6.73. The van der Waals surface area contributed by atoms with Gasteiger partial charge in [-0.05, 0) is 50.4 Å². The summed E-state index contributed by atoms with van der Waals surface area (Å²) in [7, 11) is 0. The van der Waals surface area contributed by atoms with Gasteiger partial charge in [-0.25, -0.2) is 4.39 Å². The highest BCUT2D eigenvalue weighted by molar-refractivity contribution is 5.81. The third-order valence-corrected chi connectivity index (χ3v) is 4.12. The van der Waals surface area contributed by atoms with Crippen LogP contribution < -0.4 is 10.6 Å². The van der Waals surface area contributed by atoms with Crippen LogP contribution in [-0.4, -0.2) is 24.5 Å². The van der Waals surface area contributed by atoms with Crippen molar-refractivity contribution in [3.8, 4) is 0 Å². The molecule has 0 heterocycles. The molecule has 3 nitrogen and oxygen atoms in total. The molecule has 1 aromatic carbocycles. The van der Waals surface area contributed by atoms with Gasteiger partial charge in [0, 0.05) is 6.04 Å². The van der Waals surface area contributed by atoms with Crippen LogP contribution in [0.25, 0.3) is 0 Å². The minimum atomic E-state index is -0.216. The molecule has 1 aliphatic rings. The van der Waals surface area contributed by atoms with Crippen LogP contribution in [0.1, 0.15) is 44.6 Å². The van der Waals surface area contributed by atoms with Crippen molar-refractivity contribution in [3.63, 3.8) is 0 Å². The molecule has 1 saturated carbocycles. The SMILES string of the molecule is CC(NCCc1ccc(F)cc1)C(=O)NC1CCCCC1. The van der Waals surface area contributed by atoms with E-state index in [1.54, 1.807) is 12.1 Å². The molecule has 4 heteroatoms. The predicted molar refractivity (Wildman–Crippen MR) is 82.6 cm³/mol. The molecular weight excluding hydrogens is 267 g/mol. The zero-order valence-electron chi connectivity index (χ0n) is 12.7. The lowest BCUT2D eigenvalue weighted by molar-refractivity contribution is -0.123. The van der Waals surface area contributed by atoms with Crippen LogP contribution in [0, 0.1) is 5.82 Å². The van der Waals surface area contributed by atoms with Crippen LogP contribution in [0.4, 0.5) is 4.39 Å². The molecule has 21 heavy (non-hydrogen) atoms. The molecule has 1 aliphatic carbocycles. The lowest BCUT2D eigenvalue weighted by Gasteiger charge is -2.24. The van der Waals surface area contributed by atoms with Crippen LogP contribution >= 0.6 is 0 Å². The van der Waals surface area contributed by atoms with Crippen molar-refractivity contribution in [3.05, 3.63) is 35.6 Å². The standard InChI is InChI=1S/C17H25FN2O/c1-13(17(21)20-16-5-3-2-4-6-16)19-12-11-14-7-9-15(18)10-8-14/h7-10,13,16,19H,2-6,11-12H2,1H3,(H,20,21). The minimum absolute atomic E-state index is 0.0843. The summed E-state index contributed by atoms with van der Waals surface area (Å²) in [5.74, 6) is -0.132. The first-order valence-electron chi connectivity index (χ1n) is 7.93. The van der Waals surface area contributed by atoms with Gasteiger partial charge in [0.2, 0.25) is 5.91 Å². The highest BCUT2D eigenvalue weighted by Gasteiger charge is 2.18. The van der Waals surface area contributed by atoms with Crippen molar-refractivity contribution in [2.45, 2.75) is 57.5 Å². The van der Waals surface area contributed by atoms with Crippen molar-refractivity contribution in [2.75, 3.05) is 6.54 Å². The second kappa shape index (κ2) is 8.13. The van der Waals surface area contributed by atoms with Crippen molar-refractivity contribution < 1.29 is 9.18 Å². The fourth-order valence-corrected chi connectivity index (χ4v) is 2.75. The van der Waals surface area contributed by atoms with Crippen molar-refractivity contribution in [1.82, 2.24) is 10.6 Å². The lowest BCUT2D eigenvalue weighted by Crippen LogP contribution is -2.47. The molecule has 1 atom stereocenters. The summed E-state index contributed by atoms with van der Waals surface area (Å²) in [6.45, 7) is 2.60. The molecule has 0 bridgehead atoms. The van der Waals surface area contributed by atoms with E-state index in [0.29, 0.717) is 12.6 Å². The molecule has 1 amide bonds. The number of amides is 1. The molecule has 1 fully saturated rings. The van der Waals surface area contributed by atoms with Gasteiger partial charge in [-0.2, -0.15) is 0 Å². The van der Waals surface area contributed by atoms with E-state index in [-0.39, 0.29) is 17.8 Å². The molecule has 1 aromatic rings. The maximum Gasteiger partial charge on any atom is 0.237 e. The van der Waals surface area contributed by atoms with Gasteiger partial charge in [-0.3, -0.25) is 4.79 Å². The van der Waals surface area contributed by atoms with Crippen molar-refractivity contribution >= 4 is 5.91 Å². The first kappa shape index (κ1) is 16.0. The molecule has 0 spiro atoms. The van der Waals surface area contributed by atoms with E-state index >= 15 is 0 Å². The highest BCUT2D eigenvalue weighted by atomic mass is 19.1. The second-order valence-electron chi connectivity index (χ2n) is 5.90. The molecule has 0 radical (unpaired) electrons. The monoisotopic (exact) mass is 292 g/mol. The van der Waals surface area contributed by atoms with E-state index in [4.69, 9.17) is 0 Å². The summed E-state index contributed by atoms with van der Waals surface area (Å²) in [5.41, 5.74) is 1.07. The van der Waals surface area contributed by atoms with Crippen LogP contribution in [-0.2, 0) is 11.2 Å². The Morgan fingerprint density at radius 2 is 1.90 bits per heavy atom. The summed E-state index contributed by atoms with van der Waals surface area (Å²) in [6, 6.07) is 6.66. The highest BCUT2D eigenvalue weighted by Crippen LogP contribution is 2.17. The summed E-state index contributed by atoms with van der Waals surface area (Å²) < 4.78 is 12.8. The maximum atomic E-state index is 12.8. The van der Waals surface area contributed by atoms with E-state index < -0.39 is 0 Å². The number of carbonyl (C=O) groups excluding carboxylic acids is 1. The fraction of sp³-hybridized carbons (Fsp3) is 0.588. The molecule has 1 unspecified atom stereocenters. The minimum Gasteiger partial charge on any atom is -0.352 e. The number of hydrogen-bond acceptors (Lipinski definition) is 2. The van der Waals surface area contributed by atoms with Gasteiger partial charge >= 0.3 is 0 Å². The van der Waals surface area contributed by atoms with Crippen molar-refractivity contribution in [1.29, 1.82) is 0 Å². The Kier molecular flexibility index (Phi) is 6.18. The van der Waals surface area contributed by atoms with Gasteiger partial charge in [-0.1, -0.05) is 31.4 Å². The maximum absolute atomic E-state index is 12.8. The molecule has 2 N–H and O–H groups in total. The van der Waals surface area contributed by atoms with Crippen molar-refractivity contribution in [2.24, 2.45) is 0 Å². The van der Waals surface area contributed by atoms with Crippen LogP contribution in [0.3, 0.4) is 0 Å². The Labute approximate surface area is 126 Å². The average molecular weight is 292 g/mol. The Balaban J connectivity index is 1.67. The quantitative estimate of drug-likeness (QED) is 0.846. The smallest absolute Gasteiger partial charge is 0.237 e. The molecule has 116 valence electrons. The Bertz CT molecular complexity index is 441. The van der Waals surface area contributed by atoms with Gasteiger partial charge in [0.1, 0.15) is 5.82 Å². The molecule has 2 rings (SSSR count). The lowest BCUT2D eigenvalue weighted by atomic mass is 9.95. The van der Waals surface area contributed by atoms with E-state index in [2.05, 4.69) is 10.6 Å². The topological polar surface area (TPSA) is 41.1 Å². The number of hydrogen-bond donors (Lipinski definition) is 2. The van der Waals surface area contributed by atoms with Gasteiger partial charge < -0.3 is 10.6 Å². The first-order valence-corrected chi connectivity index (χ1v) is 7.93. The number of carbonyl (C=O) groups is 1. The Morgan fingerprint density at radius 3 is 2.57 bits per heavy atom. The van der Waals surface area contributed by atoms with E-state index in [1.165, 1.54) is 31.4 Å². The third kappa shape index (κ3) is 5.46. The number of halogens is 1. The number of rotatable bonds is 6. The number of nitrogens with one attached hydrogen (secondary N) is 2. The van der Waals surface area contributed by atoms with Crippen LogP contribution in [0.15, 0.2) is 24.3 Å². The third-order valence-electron chi connectivity index (χ3n) is 4.12. The zero-order valence-corrected chi connectivity index (χ0v) is 12.7. The summed E-state index contributed by atoms with van der Waals surface area (Å²) >= 11 is 0. The Morgan fingerprint density at radius 1 is 1.24 bits per heavy atom. The summed E-state index contributed by atoms with van der Waals surface area (Å²) in [4.78, 5) is 12.1. The summed E-state index contributed by atoms with van der Waals surface area (Å²) in [5, 5.41) is 6.35. The molecular formula is C17H25FN2O.